The maximum atomic E-state index is 14.3. The lowest BCUT2D eigenvalue weighted by atomic mass is 9.97. The number of amides is 1. The monoisotopic (exact) mass is 353 g/mol. The first-order valence-electron chi connectivity index (χ1n) is 7.38. The van der Waals surface area contributed by atoms with Crippen LogP contribution < -0.4 is 9.62 Å². The Morgan fingerprint density at radius 2 is 2.21 bits per heavy atom. The standard InChI is InChI=1S/C15H16FN3O4S/c1-24(21,22)18-7-11-8-19(14(20)23-11)10-2-3-12(13(16)6-10)15(9-17)4-5-15/h2-3,6,11,18H,4-5,7-8H2,1H3/t11-/m0/s1. The minimum absolute atomic E-state index is 0.0425. The summed E-state index contributed by atoms with van der Waals surface area (Å²) in [5.41, 5.74) is -0.0794. The number of carbonyl (C=O) groups excluding carboxylic acids is 1. The Labute approximate surface area is 139 Å². The second-order valence-electron chi connectivity index (χ2n) is 6.10. The maximum absolute atomic E-state index is 14.3. The Morgan fingerprint density at radius 3 is 2.75 bits per heavy atom. The molecule has 128 valence electrons. The molecule has 2 aliphatic rings. The minimum Gasteiger partial charge on any atom is -0.443 e. The van der Waals surface area contributed by atoms with Gasteiger partial charge in [0, 0.05) is 12.1 Å². The highest BCUT2D eigenvalue weighted by Gasteiger charge is 2.47. The Morgan fingerprint density at radius 1 is 1.50 bits per heavy atom. The minimum atomic E-state index is -3.39. The SMILES string of the molecule is CS(=O)(=O)NC[C@H]1CN(c2ccc(C3(C#N)CC3)c(F)c2)C(=O)O1. The van der Waals surface area contributed by atoms with Crippen LogP contribution in [0.3, 0.4) is 0 Å². The molecule has 0 radical (unpaired) electrons. The van der Waals surface area contributed by atoms with Crippen molar-refractivity contribution in [3.63, 3.8) is 0 Å². The molecule has 1 N–H and O–H groups in total. The van der Waals surface area contributed by atoms with Gasteiger partial charge in [0.25, 0.3) is 0 Å². The molecule has 1 aliphatic carbocycles. The average molecular weight is 353 g/mol. The van der Waals surface area contributed by atoms with Gasteiger partial charge in [0.15, 0.2) is 0 Å². The van der Waals surface area contributed by atoms with Gasteiger partial charge in [-0.2, -0.15) is 5.26 Å². The number of rotatable bonds is 5. The lowest BCUT2D eigenvalue weighted by molar-refractivity contribution is 0.143. The van der Waals surface area contributed by atoms with Crippen molar-refractivity contribution in [2.24, 2.45) is 0 Å². The Bertz CT molecular complexity index is 830. The molecule has 1 heterocycles. The van der Waals surface area contributed by atoms with E-state index in [0.29, 0.717) is 24.1 Å². The van der Waals surface area contributed by atoms with E-state index in [1.165, 1.54) is 17.0 Å². The van der Waals surface area contributed by atoms with Crippen LogP contribution in [0.15, 0.2) is 18.2 Å². The zero-order chi connectivity index (χ0) is 17.5. The molecule has 1 aromatic carbocycles. The fourth-order valence-corrected chi connectivity index (χ4v) is 3.20. The molecule has 0 unspecified atom stereocenters. The first kappa shape index (κ1) is 16.7. The third-order valence-electron chi connectivity index (χ3n) is 4.19. The summed E-state index contributed by atoms with van der Waals surface area (Å²) < 4.78 is 43.9. The highest BCUT2D eigenvalue weighted by Crippen LogP contribution is 2.48. The number of nitrogens with zero attached hydrogens (tertiary/aromatic N) is 2. The van der Waals surface area contributed by atoms with E-state index in [2.05, 4.69) is 10.8 Å². The number of halogens is 1. The molecule has 9 heteroatoms. The van der Waals surface area contributed by atoms with Crippen LogP contribution in [0, 0.1) is 17.1 Å². The molecule has 0 spiro atoms. The van der Waals surface area contributed by atoms with E-state index in [9.17, 15) is 17.6 Å². The summed E-state index contributed by atoms with van der Waals surface area (Å²) in [5.74, 6) is -0.530. The highest BCUT2D eigenvalue weighted by atomic mass is 32.2. The van der Waals surface area contributed by atoms with Crippen molar-refractivity contribution in [1.82, 2.24) is 4.72 Å². The molecule has 1 aliphatic heterocycles. The summed E-state index contributed by atoms with van der Waals surface area (Å²) >= 11 is 0. The number of nitriles is 1. The Balaban J connectivity index is 1.74. The van der Waals surface area contributed by atoms with Gasteiger partial charge in [0.05, 0.1) is 30.0 Å². The molecule has 1 atom stereocenters. The molecular formula is C15H16FN3O4S. The Kier molecular flexibility index (Phi) is 3.97. The molecule has 1 amide bonds. The van der Waals surface area contributed by atoms with Crippen molar-refractivity contribution >= 4 is 21.8 Å². The molecule has 24 heavy (non-hydrogen) atoms. The normalized spacial score (nSPS) is 22.1. The fourth-order valence-electron chi connectivity index (χ4n) is 2.71. The van der Waals surface area contributed by atoms with Crippen LogP contribution in [0.4, 0.5) is 14.9 Å². The molecule has 7 nitrogen and oxygen atoms in total. The number of anilines is 1. The van der Waals surface area contributed by atoms with Crippen molar-refractivity contribution in [1.29, 1.82) is 5.26 Å². The second-order valence-corrected chi connectivity index (χ2v) is 7.93. The molecule has 1 saturated heterocycles. The number of hydrogen-bond donors (Lipinski definition) is 1. The van der Waals surface area contributed by atoms with Crippen LogP contribution in [-0.2, 0) is 20.2 Å². The number of sulfonamides is 1. The van der Waals surface area contributed by atoms with E-state index >= 15 is 0 Å². The van der Waals surface area contributed by atoms with E-state index in [1.54, 1.807) is 6.07 Å². The second kappa shape index (κ2) is 5.72. The number of cyclic esters (lactones) is 1. The first-order valence-corrected chi connectivity index (χ1v) is 9.27. The van der Waals surface area contributed by atoms with Gasteiger partial charge in [-0.1, -0.05) is 6.07 Å². The summed E-state index contributed by atoms with van der Waals surface area (Å²) in [4.78, 5) is 13.2. The number of hydrogen-bond acceptors (Lipinski definition) is 5. The van der Waals surface area contributed by atoms with E-state index in [4.69, 9.17) is 10.00 Å². The van der Waals surface area contributed by atoms with Crippen LogP contribution in [0.25, 0.3) is 0 Å². The molecule has 3 rings (SSSR count). The van der Waals surface area contributed by atoms with Gasteiger partial charge in [-0.15, -0.1) is 0 Å². The van der Waals surface area contributed by atoms with Crippen LogP contribution in [-0.4, -0.2) is 40.0 Å². The lowest BCUT2D eigenvalue weighted by Crippen LogP contribution is -2.34. The van der Waals surface area contributed by atoms with Gasteiger partial charge in [0.2, 0.25) is 10.0 Å². The summed E-state index contributed by atoms with van der Waals surface area (Å²) in [5, 5.41) is 9.16. The Hall–Kier alpha value is -2.18. The van der Waals surface area contributed by atoms with Gasteiger partial charge in [-0.3, -0.25) is 4.90 Å². The van der Waals surface area contributed by atoms with Crippen LogP contribution in [0.1, 0.15) is 18.4 Å². The lowest BCUT2D eigenvalue weighted by Gasteiger charge is -2.15. The predicted octanol–water partition coefficient (Wildman–Crippen LogP) is 1.26. The van der Waals surface area contributed by atoms with Crippen molar-refractivity contribution < 1.29 is 22.3 Å². The zero-order valence-corrected chi connectivity index (χ0v) is 13.8. The molecule has 0 aromatic heterocycles. The largest absolute Gasteiger partial charge is 0.443 e. The summed E-state index contributed by atoms with van der Waals surface area (Å²) in [7, 11) is -3.39. The van der Waals surface area contributed by atoms with Crippen molar-refractivity contribution in [2.45, 2.75) is 24.4 Å². The molecule has 2 fully saturated rings. The molecule has 1 aromatic rings. The molecule has 1 saturated carbocycles. The summed E-state index contributed by atoms with van der Waals surface area (Å²) in [6, 6.07) is 6.44. The number of nitrogens with one attached hydrogen (secondary N) is 1. The molecular weight excluding hydrogens is 337 g/mol. The van der Waals surface area contributed by atoms with Gasteiger partial charge in [-0.25, -0.2) is 22.3 Å². The fraction of sp³-hybridized carbons (Fsp3) is 0.467. The van der Waals surface area contributed by atoms with E-state index in [1.807, 2.05) is 0 Å². The van der Waals surface area contributed by atoms with E-state index in [-0.39, 0.29) is 13.1 Å². The highest BCUT2D eigenvalue weighted by molar-refractivity contribution is 7.88. The van der Waals surface area contributed by atoms with Gasteiger partial charge >= 0.3 is 6.09 Å². The van der Waals surface area contributed by atoms with Gasteiger partial charge in [0.1, 0.15) is 11.9 Å². The van der Waals surface area contributed by atoms with Gasteiger partial charge in [-0.05, 0) is 25.0 Å². The van der Waals surface area contributed by atoms with Crippen LogP contribution in [0.5, 0.6) is 0 Å². The van der Waals surface area contributed by atoms with E-state index < -0.39 is 33.5 Å². The van der Waals surface area contributed by atoms with Crippen LogP contribution >= 0.6 is 0 Å². The topological polar surface area (TPSA) is 99.5 Å². The first-order chi connectivity index (χ1) is 11.2. The number of carbonyl (C=O) groups is 1. The van der Waals surface area contributed by atoms with Crippen molar-refractivity contribution in [3.05, 3.63) is 29.6 Å². The van der Waals surface area contributed by atoms with Crippen LogP contribution in [0.2, 0.25) is 0 Å². The summed E-state index contributed by atoms with van der Waals surface area (Å²) in [6.07, 6.45) is 0.960. The third-order valence-corrected chi connectivity index (χ3v) is 4.88. The number of ether oxygens (including phenoxy) is 1. The third kappa shape index (κ3) is 3.20. The predicted molar refractivity (Wildman–Crippen MR) is 83.4 cm³/mol. The van der Waals surface area contributed by atoms with E-state index in [0.717, 1.165) is 6.26 Å². The quantitative estimate of drug-likeness (QED) is 0.859. The summed E-state index contributed by atoms with van der Waals surface area (Å²) in [6.45, 7) is 0.0721. The smallest absolute Gasteiger partial charge is 0.414 e. The maximum Gasteiger partial charge on any atom is 0.414 e. The van der Waals surface area contributed by atoms with Gasteiger partial charge < -0.3 is 4.74 Å². The number of benzene rings is 1. The average Bonchev–Trinajstić information content (AvgIpc) is 3.21. The van der Waals surface area contributed by atoms with Crippen molar-refractivity contribution in [2.75, 3.05) is 24.2 Å². The molecule has 0 bridgehead atoms. The zero-order valence-electron chi connectivity index (χ0n) is 13.0. The van der Waals surface area contributed by atoms with Crippen molar-refractivity contribution in [3.8, 4) is 6.07 Å².